The standard InChI is InChI=1S/C24H33NO/c1-2-3-4-5-6-7-8-9-10-20-26-24-13-11-12-23(21-24)15-14-22-16-18-25-19-17-22/h11-19,21H,2-10,20H2,1H3/b15-14+. The van der Waals surface area contributed by atoms with E-state index in [-0.39, 0.29) is 0 Å². The second-order valence-electron chi connectivity index (χ2n) is 6.86. The molecule has 2 rings (SSSR count). The zero-order valence-corrected chi connectivity index (χ0v) is 16.2. The minimum Gasteiger partial charge on any atom is -0.494 e. The van der Waals surface area contributed by atoms with Crippen molar-refractivity contribution in [3.05, 3.63) is 59.9 Å². The maximum atomic E-state index is 5.91. The first-order chi connectivity index (χ1) is 12.9. The van der Waals surface area contributed by atoms with Crippen molar-refractivity contribution >= 4 is 12.2 Å². The maximum absolute atomic E-state index is 5.91. The van der Waals surface area contributed by atoms with Gasteiger partial charge in [0.05, 0.1) is 6.61 Å². The van der Waals surface area contributed by atoms with Gasteiger partial charge in [-0.15, -0.1) is 0 Å². The molecule has 2 aromatic rings. The summed E-state index contributed by atoms with van der Waals surface area (Å²) in [6.45, 7) is 3.08. The summed E-state index contributed by atoms with van der Waals surface area (Å²) >= 11 is 0. The zero-order chi connectivity index (χ0) is 18.3. The number of rotatable bonds is 13. The van der Waals surface area contributed by atoms with Gasteiger partial charge in [-0.3, -0.25) is 4.98 Å². The van der Waals surface area contributed by atoms with Crippen LogP contribution in [0.2, 0.25) is 0 Å². The van der Waals surface area contributed by atoms with Crippen LogP contribution in [0.15, 0.2) is 48.8 Å². The van der Waals surface area contributed by atoms with Crippen molar-refractivity contribution in [3.8, 4) is 5.75 Å². The molecule has 1 aromatic carbocycles. The lowest BCUT2D eigenvalue weighted by Gasteiger charge is -2.07. The van der Waals surface area contributed by atoms with Crippen LogP contribution < -0.4 is 4.74 Å². The van der Waals surface area contributed by atoms with Gasteiger partial charge < -0.3 is 4.74 Å². The third-order valence-corrected chi connectivity index (χ3v) is 4.55. The molecule has 0 N–H and O–H groups in total. The summed E-state index contributed by atoms with van der Waals surface area (Å²) in [6, 6.07) is 12.3. The maximum Gasteiger partial charge on any atom is 0.119 e. The van der Waals surface area contributed by atoms with Crippen molar-refractivity contribution in [2.24, 2.45) is 0 Å². The number of aromatic nitrogens is 1. The first kappa shape index (κ1) is 20.2. The number of hydrogen-bond acceptors (Lipinski definition) is 2. The van der Waals surface area contributed by atoms with Gasteiger partial charge in [0.2, 0.25) is 0 Å². The normalized spacial score (nSPS) is 11.1. The Bertz CT molecular complexity index is 621. The molecule has 0 saturated heterocycles. The van der Waals surface area contributed by atoms with E-state index in [0.29, 0.717) is 0 Å². The summed E-state index contributed by atoms with van der Waals surface area (Å²) in [5.41, 5.74) is 2.31. The van der Waals surface area contributed by atoms with Crippen LogP contribution in [0.4, 0.5) is 0 Å². The van der Waals surface area contributed by atoms with E-state index < -0.39 is 0 Å². The summed E-state index contributed by atoms with van der Waals surface area (Å²) in [5.74, 6) is 0.960. The van der Waals surface area contributed by atoms with Crippen molar-refractivity contribution in [1.29, 1.82) is 0 Å². The highest BCUT2D eigenvalue weighted by Crippen LogP contribution is 2.17. The van der Waals surface area contributed by atoms with Crippen LogP contribution in [0, 0.1) is 0 Å². The van der Waals surface area contributed by atoms with Gasteiger partial charge in [0, 0.05) is 12.4 Å². The number of ether oxygens (including phenoxy) is 1. The van der Waals surface area contributed by atoms with Crippen molar-refractivity contribution in [3.63, 3.8) is 0 Å². The molecule has 0 bridgehead atoms. The van der Waals surface area contributed by atoms with Crippen molar-refractivity contribution in [1.82, 2.24) is 4.98 Å². The van der Waals surface area contributed by atoms with Gasteiger partial charge in [-0.05, 0) is 41.8 Å². The Morgan fingerprint density at radius 3 is 2.15 bits per heavy atom. The Hall–Kier alpha value is -2.09. The minimum atomic E-state index is 0.813. The fraction of sp³-hybridized carbons (Fsp3) is 0.458. The van der Waals surface area contributed by atoms with Gasteiger partial charge >= 0.3 is 0 Å². The van der Waals surface area contributed by atoms with Crippen LogP contribution >= 0.6 is 0 Å². The first-order valence-electron chi connectivity index (χ1n) is 10.2. The number of nitrogens with zero attached hydrogens (tertiary/aromatic N) is 1. The Morgan fingerprint density at radius 1 is 0.769 bits per heavy atom. The van der Waals surface area contributed by atoms with E-state index in [1.807, 2.05) is 30.6 Å². The van der Waals surface area contributed by atoms with E-state index in [9.17, 15) is 0 Å². The smallest absolute Gasteiger partial charge is 0.119 e. The molecule has 0 saturated carbocycles. The molecule has 1 heterocycles. The monoisotopic (exact) mass is 351 g/mol. The van der Waals surface area contributed by atoms with E-state index in [0.717, 1.165) is 29.9 Å². The molecule has 0 aliphatic rings. The molecule has 2 heteroatoms. The van der Waals surface area contributed by atoms with Crippen LogP contribution in [0.5, 0.6) is 5.75 Å². The van der Waals surface area contributed by atoms with E-state index in [4.69, 9.17) is 4.74 Å². The SMILES string of the molecule is CCCCCCCCCCCOc1cccc(/C=C/c2ccncc2)c1. The van der Waals surface area contributed by atoms with E-state index in [1.54, 1.807) is 0 Å². The molecule has 0 aliphatic carbocycles. The molecule has 26 heavy (non-hydrogen) atoms. The number of benzene rings is 1. The molecule has 1 aromatic heterocycles. The highest BCUT2D eigenvalue weighted by molar-refractivity contribution is 5.69. The predicted molar refractivity (Wildman–Crippen MR) is 112 cm³/mol. The molecule has 0 aliphatic heterocycles. The molecule has 0 spiro atoms. The molecular weight excluding hydrogens is 318 g/mol. The van der Waals surface area contributed by atoms with E-state index >= 15 is 0 Å². The van der Waals surface area contributed by atoms with Gasteiger partial charge in [0.25, 0.3) is 0 Å². The van der Waals surface area contributed by atoms with E-state index in [1.165, 1.54) is 51.4 Å². The largest absolute Gasteiger partial charge is 0.494 e. The van der Waals surface area contributed by atoms with Crippen LogP contribution in [0.3, 0.4) is 0 Å². The van der Waals surface area contributed by atoms with Crippen molar-refractivity contribution < 1.29 is 4.74 Å². The summed E-state index contributed by atoms with van der Waals surface area (Å²) in [5, 5.41) is 0. The molecule has 0 radical (unpaired) electrons. The number of hydrogen-bond donors (Lipinski definition) is 0. The van der Waals surface area contributed by atoms with Gasteiger partial charge in [0.1, 0.15) is 5.75 Å². The molecule has 140 valence electrons. The molecular formula is C24H33NO. The van der Waals surface area contributed by atoms with Gasteiger partial charge in [0.15, 0.2) is 0 Å². The Kier molecular flexibility index (Phi) is 10.2. The van der Waals surface area contributed by atoms with Crippen molar-refractivity contribution in [2.75, 3.05) is 6.61 Å². The zero-order valence-electron chi connectivity index (χ0n) is 16.2. The number of pyridine rings is 1. The van der Waals surface area contributed by atoms with Crippen LogP contribution in [0.1, 0.15) is 75.8 Å². The topological polar surface area (TPSA) is 22.1 Å². The summed E-state index contributed by atoms with van der Waals surface area (Å²) < 4.78 is 5.91. The predicted octanol–water partition coefficient (Wildman–Crippen LogP) is 7.16. The third-order valence-electron chi connectivity index (χ3n) is 4.55. The first-order valence-corrected chi connectivity index (χ1v) is 10.2. The highest BCUT2D eigenvalue weighted by Gasteiger charge is 1.96. The average Bonchev–Trinajstić information content (AvgIpc) is 2.69. The summed E-state index contributed by atoms with van der Waals surface area (Å²) in [4.78, 5) is 4.04. The Balaban J connectivity index is 1.61. The lowest BCUT2D eigenvalue weighted by molar-refractivity contribution is 0.304. The third kappa shape index (κ3) is 8.84. The average molecular weight is 352 g/mol. The fourth-order valence-corrected chi connectivity index (χ4v) is 2.98. The summed E-state index contributed by atoms with van der Waals surface area (Å²) in [6.07, 6.45) is 19.9. The lowest BCUT2D eigenvalue weighted by atomic mass is 10.1. The van der Waals surface area contributed by atoms with Gasteiger partial charge in [-0.1, -0.05) is 82.6 Å². The lowest BCUT2D eigenvalue weighted by Crippen LogP contribution is -1.97. The van der Waals surface area contributed by atoms with Crippen LogP contribution in [-0.4, -0.2) is 11.6 Å². The van der Waals surface area contributed by atoms with Gasteiger partial charge in [-0.2, -0.15) is 0 Å². The van der Waals surface area contributed by atoms with E-state index in [2.05, 4.69) is 42.3 Å². The summed E-state index contributed by atoms with van der Waals surface area (Å²) in [7, 11) is 0. The molecule has 2 nitrogen and oxygen atoms in total. The fourth-order valence-electron chi connectivity index (χ4n) is 2.98. The van der Waals surface area contributed by atoms with Crippen molar-refractivity contribution in [2.45, 2.75) is 64.7 Å². The molecule has 0 atom stereocenters. The van der Waals surface area contributed by atoms with Crippen LogP contribution in [0.25, 0.3) is 12.2 Å². The minimum absolute atomic E-state index is 0.813. The molecule has 0 unspecified atom stereocenters. The second-order valence-corrected chi connectivity index (χ2v) is 6.86. The Morgan fingerprint density at radius 2 is 1.42 bits per heavy atom. The molecule has 0 amide bonds. The highest BCUT2D eigenvalue weighted by atomic mass is 16.5. The quantitative estimate of drug-likeness (QED) is 0.357. The van der Waals surface area contributed by atoms with Crippen LogP contribution in [-0.2, 0) is 0 Å². The second kappa shape index (κ2) is 13.2. The molecule has 0 fully saturated rings. The Labute approximate surface area is 159 Å². The van der Waals surface area contributed by atoms with Gasteiger partial charge in [-0.25, -0.2) is 0 Å². The number of unbranched alkanes of at least 4 members (excludes halogenated alkanes) is 8.